The summed E-state index contributed by atoms with van der Waals surface area (Å²) < 4.78 is 15.5. The van der Waals surface area contributed by atoms with Crippen LogP contribution in [0.15, 0.2) is 29.1 Å². The zero-order valence-corrected chi connectivity index (χ0v) is 10.7. The second-order valence-corrected chi connectivity index (χ2v) is 4.39. The largest absolute Gasteiger partial charge is 0.344 e. The second kappa shape index (κ2) is 5.53. The van der Waals surface area contributed by atoms with Gasteiger partial charge in [-0.25, -0.2) is 9.18 Å². The second-order valence-electron chi connectivity index (χ2n) is 3.58. The van der Waals surface area contributed by atoms with Gasteiger partial charge in [0.1, 0.15) is 16.5 Å². The Labute approximate surface area is 111 Å². The molecule has 0 saturated carbocycles. The molecule has 0 saturated heterocycles. The summed E-state index contributed by atoms with van der Waals surface area (Å²) in [4.78, 5) is 22.8. The third kappa shape index (κ3) is 3.10. The van der Waals surface area contributed by atoms with Crippen molar-refractivity contribution in [2.75, 3.05) is 17.7 Å². The highest BCUT2D eigenvalue weighted by molar-refractivity contribution is 7.11. The van der Waals surface area contributed by atoms with Crippen LogP contribution in [0.3, 0.4) is 0 Å². The quantitative estimate of drug-likeness (QED) is 0.695. The lowest BCUT2D eigenvalue weighted by Gasteiger charge is -2.06. The highest BCUT2D eigenvalue weighted by Gasteiger charge is 2.13. The molecule has 4 N–H and O–H groups in total. The van der Waals surface area contributed by atoms with Crippen LogP contribution in [0.4, 0.5) is 25.6 Å². The Balaban J connectivity index is 2.26. The van der Waals surface area contributed by atoms with Crippen LogP contribution in [0.2, 0.25) is 0 Å². The Morgan fingerprint density at radius 1 is 1.42 bits per heavy atom. The zero-order chi connectivity index (χ0) is 13.8. The van der Waals surface area contributed by atoms with Crippen molar-refractivity contribution in [1.29, 1.82) is 0 Å². The molecule has 6 nitrogen and oxygen atoms in total. The minimum absolute atomic E-state index is 0.0913. The number of aromatic amines is 1. The third-order valence-corrected chi connectivity index (χ3v) is 3.05. The predicted octanol–water partition coefficient (Wildman–Crippen LogP) is 2.07. The number of hydrogen-bond donors (Lipinski definition) is 4. The van der Waals surface area contributed by atoms with Gasteiger partial charge in [-0.1, -0.05) is 6.07 Å². The first-order valence-electron chi connectivity index (χ1n) is 5.33. The van der Waals surface area contributed by atoms with Crippen molar-refractivity contribution in [3.8, 4) is 0 Å². The molecule has 0 bridgehead atoms. The molecule has 0 aliphatic rings. The van der Waals surface area contributed by atoms with Gasteiger partial charge >= 0.3 is 6.03 Å². The van der Waals surface area contributed by atoms with Crippen molar-refractivity contribution in [2.24, 2.45) is 0 Å². The first-order chi connectivity index (χ1) is 9.10. The zero-order valence-electron chi connectivity index (χ0n) is 9.91. The SMILES string of the molecule is CNC(=O)Nc1c(Nc2cccc(F)c2)s[nH]c1=O. The molecule has 0 fully saturated rings. The molecule has 0 radical (unpaired) electrons. The number of rotatable bonds is 3. The lowest BCUT2D eigenvalue weighted by molar-refractivity contribution is 0.254. The number of anilines is 3. The number of H-pyrrole nitrogens is 1. The number of benzene rings is 1. The minimum Gasteiger partial charge on any atom is -0.344 e. The molecule has 1 aromatic carbocycles. The topological polar surface area (TPSA) is 86.0 Å². The molecule has 2 amide bonds. The fourth-order valence-electron chi connectivity index (χ4n) is 1.38. The average molecular weight is 282 g/mol. The van der Waals surface area contributed by atoms with E-state index in [4.69, 9.17) is 0 Å². The fraction of sp³-hybridized carbons (Fsp3) is 0.0909. The van der Waals surface area contributed by atoms with Crippen molar-refractivity contribution in [3.63, 3.8) is 0 Å². The van der Waals surface area contributed by atoms with E-state index in [0.717, 1.165) is 11.5 Å². The van der Waals surface area contributed by atoms with Crippen LogP contribution in [0.1, 0.15) is 0 Å². The summed E-state index contributed by atoms with van der Waals surface area (Å²) in [7, 11) is 1.44. The summed E-state index contributed by atoms with van der Waals surface area (Å²) >= 11 is 1.02. The van der Waals surface area contributed by atoms with E-state index in [2.05, 4.69) is 20.3 Å². The number of halogens is 1. The molecule has 19 heavy (non-hydrogen) atoms. The lowest BCUT2D eigenvalue weighted by Crippen LogP contribution is -2.27. The van der Waals surface area contributed by atoms with Crippen LogP contribution in [0, 0.1) is 5.82 Å². The Hall–Kier alpha value is -2.35. The van der Waals surface area contributed by atoms with Gasteiger partial charge in [0.2, 0.25) is 0 Å². The molecule has 0 unspecified atom stereocenters. The van der Waals surface area contributed by atoms with Gasteiger partial charge in [0, 0.05) is 12.7 Å². The molecule has 1 heterocycles. The standard InChI is InChI=1S/C11H11FN4O2S/c1-13-11(18)15-8-9(17)16-19-10(8)14-7-4-2-3-6(12)5-7/h2-5,14H,1H3,(H,16,17)(H2,13,15,18). The summed E-state index contributed by atoms with van der Waals surface area (Å²) in [6.45, 7) is 0. The van der Waals surface area contributed by atoms with Crippen molar-refractivity contribution >= 4 is 33.9 Å². The van der Waals surface area contributed by atoms with Crippen molar-refractivity contribution < 1.29 is 9.18 Å². The van der Waals surface area contributed by atoms with Crippen molar-refractivity contribution in [1.82, 2.24) is 9.69 Å². The van der Waals surface area contributed by atoms with Crippen LogP contribution in [-0.4, -0.2) is 17.5 Å². The van der Waals surface area contributed by atoms with Gasteiger partial charge < -0.3 is 16.0 Å². The first kappa shape index (κ1) is 13.1. The van der Waals surface area contributed by atoms with Crippen LogP contribution in [0.5, 0.6) is 0 Å². The molecule has 0 atom stereocenters. The van der Waals surface area contributed by atoms with Gasteiger partial charge in [-0.3, -0.25) is 9.17 Å². The Morgan fingerprint density at radius 3 is 2.89 bits per heavy atom. The summed E-state index contributed by atoms with van der Waals surface area (Å²) in [6.07, 6.45) is 0. The molecule has 0 aliphatic heterocycles. The van der Waals surface area contributed by atoms with Crippen LogP contribution in [0.25, 0.3) is 0 Å². The Kier molecular flexibility index (Phi) is 3.81. The predicted molar refractivity (Wildman–Crippen MR) is 72.7 cm³/mol. The number of carbonyl (C=O) groups excluding carboxylic acids is 1. The molecule has 2 rings (SSSR count). The fourth-order valence-corrected chi connectivity index (χ4v) is 2.09. The van der Waals surface area contributed by atoms with Gasteiger partial charge in [0.25, 0.3) is 5.56 Å². The third-order valence-electron chi connectivity index (χ3n) is 2.25. The number of urea groups is 1. The lowest BCUT2D eigenvalue weighted by atomic mass is 10.3. The van der Waals surface area contributed by atoms with Crippen LogP contribution in [-0.2, 0) is 0 Å². The van der Waals surface area contributed by atoms with Crippen LogP contribution < -0.4 is 21.5 Å². The van der Waals surface area contributed by atoms with Crippen molar-refractivity contribution in [3.05, 3.63) is 40.4 Å². The van der Waals surface area contributed by atoms with E-state index in [1.54, 1.807) is 12.1 Å². The number of hydrogen-bond acceptors (Lipinski definition) is 4. The number of aromatic nitrogens is 1. The maximum Gasteiger partial charge on any atom is 0.319 e. The smallest absolute Gasteiger partial charge is 0.319 e. The van der Waals surface area contributed by atoms with Gasteiger partial charge in [0.15, 0.2) is 0 Å². The van der Waals surface area contributed by atoms with E-state index in [-0.39, 0.29) is 5.69 Å². The van der Waals surface area contributed by atoms with E-state index in [1.165, 1.54) is 19.2 Å². The molecule has 0 spiro atoms. The summed E-state index contributed by atoms with van der Waals surface area (Å²) in [5.74, 6) is -0.395. The van der Waals surface area contributed by atoms with E-state index >= 15 is 0 Å². The number of nitrogens with one attached hydrogen (secondary N) is 4. The molecule has 8 heteroatoms. The molecule has 2 aromatic rings. The maximum absolute atomic E-state index is 13.1. The van der Waals surface area contributed by atoms with E-state index < -0.39 is 17.4 Å². The van der Waals surface area contributed by atoms with Gasteiger partial charge in [0.05, 0.1) is 0 Å². The normalized spacial score (nSPS) is 10.0. The molecule has 0 aliphatic carbocycles. The minimum atomic E-state index is -0.508. The average Bonchev–Trinajstić information content (AvgIpc) is 2.71. The van der Waals surface area contributed by atoms with Gasteiger partial charge in [-0.2, -0.15) is 0 Å². The summed E-state index contributed by atoms with van der Waals surface area (Å²) in [5.41, 5.74) is 0.149. The van der Waals surface area contributed by atoms with E-state index in [0.29, 0.717) is 10.7 Å². The number of amides is 2. The molecular formula is C11H11FN4O2S. The van der Waals surface area contributed by atoms with Gasteiger partial charge in [-0.15, -0.1) is 0 Å². The highest BCUT2D eigenvalue weighted by atomic mass is 32.1. The maximum atomic E-state index is 13.1. The Bertz CT molecular complexity index is 652. The van der Waals surface area contributed by atoms with Gasteiger partial charge in [-0.05, 0) is 29.7 Å². The highest BCUT2D eigenvalue weighted by Crippen LogP contribution is 2.26. The monoisotopic (exact) mass is 282 g/mol. The molecular weight excluding hydrogens is 271 g/mol. The number of carbonyl (C=O) groups is 1. The first-order valence-corrected chi connectivity index (χ1v) is 6.14. The van der Waals surface area contributed by atoms with E-state index in [9.17, 15) is 14.0 Å². The molecule has 1 aromatic heterocycles. The summed E-state index contributed by atoms with van der Waals surface area (Å²) in [6, 6.07) is 5.28. The molecule has 100 valence electrons. The summed E-state index contributed by atoms with van der Waals surface area (Å²) in [5, 5.41) is 8.02. The van der Waals surface area contributed by atoms with Crippen LogP contribution >= 0.6 is 11.5 Å². The van der Waals surface area contributed by atoms with Crippen molar-refractivity contribution in [2.45, 2.75) is 0 Å². The Morgan fingerprint density at radius 2 is 2.21 bits per heavy atom. The van der Waals surface area contributed by atoms with E-state index in [1.807, 2.05) is 0 Å².